The monoisotopic (exact) mass is 596 g/mol. The Bertz CT molecular complexity index is 1830. The standard InChI is InChI=1S/C30H28N8O6/c1-15-5-7-18(8-6-15)33-37-26-20(29(41)42)14-24(39)27(28(26)40)38-34-19-9-10-21(22(13-19)32-30(31)43)35-36-23-11-16(2)17(3)12-25(23)44-4/h5-14,39-40H,1-4H3,(H,41,42)(H3,31,32,43). The molecule has 0 bridgehead atoms. The summed E-state index contributed by atoms with van der Waals surface area (Å²) in [6, 6.07) is 14.9. The molecule has 14 nitrogen and oxygen atoms in total. The summed E-state index contributed by atoms with van der Waals surface area (Å²) in [4.78, 5) is 23.5. The van der Waals surface area contributed by atoms with Crippen molar-refractivity contribution in [1.29, 1.82) is 0 Å². The summed E-state index contributed by atoms with van der Waals surface area (Å²) in [6.07, 6.45) is 0. The molecule has 4 rings (SSSR count). The van der Waals surface area contributed by atoms with Crippen LogP contribution in [-0.4, -0.2) is 34.4 Å². The van der Waals surface area contributed by atoms with Crippen molar-refractivity contribution in [2.24, 2.45) is 36.4 Å². The topological polar surface area (TPSA) is 216 Å². The van der Waals surface area contributed by atoms with Crippen LogP contribution in [0.1, 0.15) is 27.0 Å². The number of ether oxygens (including phenoxy) is 1. The molecule has 0 heterocycles. The minimum atomic E-state index is -1.46. The fraction of sp³-hybridized carbons (Fsp3) is 0.133. The first-order valence-corrected chi connectivity index (χ1v) is 13.0. The van der Waals surface area contributed by atoms with E-state index in [0.29, 0.717) is 17.1 Å². The number of nitrogens with zero attached hydrogens (tertiary/aromatic N) is 6. The van der Waals surface area contributed by atoms with Crippen molar-refractivity contribution in [3.8, 4) is 17.2 Å². The average Bonchev–Trinajstić information content (AvgIpc) is 2.97. The third-order valence-electron chi connectivity index (χ3n) is 6.32. The van der Waals surface area contributed by atoms with Crippen LogP contribution < -0.4 is 15.8 Å². The second-order valence-electron chi connectivity index (χ2n) is 9.53. The quantitative estimate of drug-likeness (QED) is 0.119. The van der Waals surface area contributed by atoms with Gasteiger partial charge in [0.05, 0.1) is 29.7 Å². The van der Waals surface area contributed by atoms with Gasteiger partial charge in [-0.15, -0.1) is 20.5 Å². The number of rotatable bonds is 9. The number of benzene rings is 4. The van der Waals surface area contributed by atoms with E-state index in [1.54, 1.807) is 24.3 Å². The van der Waals surface area contributed by atoms with Gasteiger partial charge in [-0.3, -0.25) is 0 Å². The van der Waals surface area contributed by atoms with Crippen molar-refractivity contribution in [1.82, 2.24) is 0 Å². The molecular formula is C30H28N8O6. The molecule has 0 radical (unpaired) electrons. The van der Waals surface area contributed by atoms with Crippen LogP contribution in [0.5, 0.6) is 17.2 Å². The molecule has 14 heteroatoms. The van der Waals surface area contributed by atoms with E-state index in [0.717, 1.165) is 22.8 Å². The number of amides is 2. The number of aryl methyl sites for hydroxylation is 3. The largest absolute Gasteiger partial charge is 0.505 e. The molecule has 0 aliphatic heterocycles. The molecule has 0 fully saturated rings. The molecule has 0 saturated heterocycles. The van der Waals surface area contributed by atoms with Crippen LogP contribution in [0.4, 0.5) is 44.6 Å². The van der Waals surface area contributed by atoms with E-state index in [4.69, 9.17) is 10.5 Å². The van der Waals surface area contributed by atoms with Crippen molar-refractivity contribution in [3.05, 3.63) is 82.9 Å². The van der Waals surface area contributed by atoms with Crippen LogP contribution in [0.3, 0.4) is 0 Å². The highest BCUT2D eigenvalue weighted by Crippen LogP contribution is 2.47. The van der Waals surface area contributed by atoms with Crippen LogP contribution in [0.15, 0.2) is 91.3 Å². The van der Waals surface area contributed by atoms with Crippen LogP contribution in [-0.2, 0) is 0 Å². The number of urea groups is 1. The zero-order valence-corrected chi connectivity index (χ0v) is 24.1. The molecule has 224 valence electrons. The minimum absolute atomic E-state index is 0.141. The summed E-state index contributed by atoms with van der Waals surface area (Å²) in [6.45, 7) is 5.76. The number of azo groups is 3. The summed E-state index contributed by atoms with van der Waals surface area (Å²) < 4.78 is 5.39. The zero-order chi connectivity index (χ0) is 32.0. The van der Waals surface area contributed by atoms with E-state index in [-0.39, 0.29) is 17.1 Å². The van der Waals surface area contributed by atoms with Gasteiger partial charge in [0.2, 0.25) is 0 Å². The second-order valence-corrected chi connectivity index (χ2v) is 9.53. The Hall–Kier alpha value is -6.18. The number of aromatic hydroxyl groups is 2. The number of carbonyl (C=O) groups excluding carboxylic acids is 1. The van der Waals surface area contributed by atoms with E-state index in [1.165, 1.54) is 25.3 Å². The molecule has 0 aliphatic carbocycles. The Morgan fingerprint density at radius 3 is 2.02 bits per heavy atom. The molecule has 0 aliphatic rings. The van der Waals surface area contributed by atoms with Gasteiger partial charge in [0.25, 0.3) is 0 Å². The number of nitrogens with two attached hydrogens (primary N) is 1. The van der Waals surface area contributed by atoms with Gasteiger partial charge in [0.1, 0.15) is 28.6 Å². The maximum atomic E-state index is 11.8. The van der Waals surface area contributed by atoms with Gasteiger partial charge in [-0.2, -0.15) is 10.2 Å². The lowest BCUT2D eigenvalue weighted by Crippen LogP contribution is -2.19. The van der Waals surface area contributed by atoms with Gasteiger partial charge >= 0.3 is 12.0 Å². The number of aromatic carboxylic acids is 1. The van der Waals surface area contributed by atoms with E-state index >= 15 is 0 Å². The van der Waals surface area contributed by atoms with E-state index < -0.39 is 40.4 Å². The number of hydrogen-bond acceptors (Lipinski definition) is 11. The summed E-state index contributed by atoms with van der Waals surface area (Å²) in [7, 11) is 1.52. The van der Waals surface area contributed by atoms with Gasteiger partial charge in [0.15, 0.2) is 11.4 Å². The summed E-state index contributed by atoms with van der Waals surface area (Å²) in [5.74, 6) is -2.37. The molecule has 0 spiro atoms. The first-order valence-electron chi connectivity index (χ1n) is 13.0. The minimum Gasteiger partial charge on any atom is -0.505 e. The molecule has 6 N–H and O–H groups in total. The average molecular weight is 597 g/mol. The fourth-order valence-electron chi connectivity index (χ4n) is 3.85. The number of methoxy groups -OCH3 is 1. The number of phenols is 2. The van der Waals surface area contributed by atoms with Gasteiger partial charge < -0.3 is 31.1 Å². The van der Waals surface area contributed by atoms with Crippen molar-refractivity contribution < 1.29 is 29.6 Å². The van der Waals surface area contributed by atoms with Crippen LogP contribution >= 0.6 is 0 Å². The van der Waals surface area contributed by atoms with Crippen molar-refractivity contribution in [2.75, 3.05) is 12.4 Å². The molecule has 0 atom stereocenters. The van der Waals surface area contributed by atoms with Gasteiger partial charge in [0, 0.05) is 0 Å². The number of nitrogens with one attached hydrogen (secondary N) is 1. The van der Waals surface area contributed by atoms with Crippen molar-refractivity contribution in [3.63, 3.8) is 0 Å². The van der Waals surface area contributed by atoms with Gasteiger partial charge in [-0.1, -0.05) is 17.7 Å². The summed E-state index contributed by atoms with van der Waals surface area (Å²) in [5.41, 5.74) is 8.34. The number of primary amides is 1. The molecule has 0 aromatic heterocycles. The Morgan fingerprint density at radius 1 is 0.750 bits per heavy atom. The molecule has 0 unspecified atom stereocenters. The lowest BCUT2D eigenvalue weighted by atomic mass is 10.1. The Balaban J connectivity index is 1.70. The molecule has 2 amide bonds. The Morgan fingerprint density at radius 2 is 1.36 bits per heavy atom. The number of carbonyl (C=O) groups is 2. The maximum Gasteiger partial charge on any atom is 0.338 e. The molecule has 4 aromatic carbocycles. The van der Waals surface area contributed by atoms with Crippen LogP contribution in [0.2, 0.25) is 0 Å². The van der Waals surface area contributed by atoms with E-state index in [9.17, 15) is 24.9 Å². The highest BCUT2D eigenvalue weighted by atomic mass is 16.5. The number of carboxylic acids is 1. The zero-order valence-electron chi connectivity index (χ0n) is 24.1. The maximum absolute atomic E-state index is 11.8. The van der Waals surface area contributed by atoms with Crippen LogP contribution in [0.25, 0.3) is 0 Å². The van der Waals surface area contributed by atoms with E-state index in [2.05, 4.69) is 36.0 Å². The number of phenolic OH excluding ortho intramolecular Hbond substituents is 2. The number of hydrogen-bond donors (Lipinski definition) is 5. The molecule has 44 heavy (non-hydrogen) atoms. The Kier molecular flexibility index (Phi) is 9.23. The highest BCUT2D eigenvalue weighted by Gasteiger charge is 2.22. The molecular weight excluding hydrogens is 568 g/mol. The normalized spacial score (nSPS) is 11.5. The predicted octanol–water partition coefficient (Wildman–Crippen LogP) is 8.47. The Labute approximate surface area is 251 Å². The predicted molar refractivity (Wildman–Crippen MR) is 163 cm³/mol. The van der Waals surface area contributed by atoms with Gasteiger partial charge in [-0.25, -0.2) is 9.59 Å². The highest BCUT2D eigenvalue weighted by molar-refractivity contribution is 5.97. The smallest absolute Gasteiger partial charge is 0.338 e. The van der Waals surface area contributed by atoms with Crippen LogP contribution in [0, 0.1) is 20.8 Å². The van der Waals surface area contributed by atoms with E-state index in [1.807, 2.05) is 32.9 Å². The van der Waals surface area contributed by atoms with Crippen molar-refractivity contribution in [2.45, 2.75) is 20.8 Å². The van der Waals surface area contributed by atoms with Gasteiger partial charge in [-0.05, 0) is 80.4 Å². The second kappa shape index (κ2) is 13.2. The number of carboxylic acid groups (broad SMARTS) is 1. The summed E-state index contributed by atoms with van der Waals surface area (Å²) >= 11 is 0. The third kappa shape index (κ3) is 7.17. The first kappa shape index (κ1) is 30.8. The molecule has 4 aromatic rings. The fourth-order valence-corrected chi connectivity index (χ4v) is 3.85. The molecule has 0 saturated carbocycles. The SMILES string of the molecule is COc1cc(C)c(C)cc1N=Nc1ccc(N=Nc2c(O)cc(C(=O)O)c(N=Nc3ccc(C)cc3)c2O)cc1NC(N)=O. The third-order valence-corrected chi connectivity index (χ3v) is 6.32. The first-order chi connectivity index (χ1) is 21.0. The lowest BCUT2D eigenvalue weighted by molar-refractivity contribution is 0.0697. The summed E-state index contributed by atoms with van der Waals surface area (Å²) in [5, 5.41) is 57.6. The van der Waals surface area contributed by atoms with Crippen molar-refractivity contribution >= 4 is 51.8 Å². The lowest BCUT2D eigenvalue weighted by Gasteiger charge is -2.09. The number of anilines is 1.